The number of carbonyl (C=O) groups excluding carboxylic acids is 1. The number of nitrogens with one attached hydrogen (secondary N) is 2. The summed E-state index contributed by atoms with van der Waals surface area (Å²) in [5.74, 6) is 0.0550. The maximum atomic E-state index is 12.5. The van der Waals surface area contributed by atoms with Crippen molar-refractivity contribution in [1.82, 2.24) is 14.8 Å². The summed E-state index contributed by atoms with van der Waals surface area (Å²) in [6.07, 6.45) is 0. The van der Waals surface area contributed by atoms with Gasteiger partial charge in [-0.25, -0.2) is 0 Å². The first-order chi connectivity index (χ1) is 10.5. The number of likely N-dealkylation sites (N-methyl/N-ethyl adjacent to an activating group) is 1. The molecule has 5 nitrogen and oxygen atoms in total. The van der Waals surface area contributed by atoms with Crippen LogP contribution in [0.5, 0.6) is 0 Å². The number of nitrogens with zero attached hydrogens (tertiary/aromatic N) is 2. The van der Waals surface area contributed by atoms with Gasteiger partial charge in [0.2, 0.25) is 5.91 Å². The predicted octanol–water partition coefficient (Wildman–Crippen LogP) is 1.64. The maximum absolute atomic E-state index is 12.5. The van der Waals surface area contributed by atoms with Crippen LogP contribution in [0.3, 0.4) is 0 Å². The number of hydrogen-bond donors (Lipinski definition) is 2. The van der Waals surface area contributed by atoms with Crippen LogP contribution in [-0.2, 0) is 11.8 Å². The fraction of sp³-hybridized carbons (Fsp3) is 0.471. The van der Waals surface area contributed by atoms with E-state index in [0.29, 0.717) is 6.54 Å². The van der Waals surface area contributed by atoms with E-state index >= 15 is 0 Å². The highest BCUT2D eigenvalue weighted by atomic mass is 16.2. The smallest absolute Gasteiger partial charge is 0.243 e. The predicted molar refractivity (Wildman–Crippen MR) is 90.3 cm³/mol. The summed E-state index contributed by atoms with van der Waals surface area (Å²) in [5.41, 5.74) is 4.59. The summed E-state index contributed by atoms with van der Waals surface area (Å²) in [4.78, 5) is 14.6. The first kappa shape index (κ1) is 15.1. The van der Waals surface area contributed by atoms with Gasteiger partial charge in [-0.3, -0.25) is 9.69 Å². The third-order valence-corrected chi connectivity index (χ3v) is 4.89. The second kappa shape index (κ2) is 5.74. The minimum atomic E-state index is -0.108. The molecule has 22 heavy (non-hydrogen) atoms. The normalized spacial score (nSPS) is 19.5. The Hall–Kier alpha value is -1.85. The number of aryl methyl sites for hydroxylation is 2. The minimum Gasteiger partial charge on any atom is -0.348 e. The fourth-order valence-corrected chi connectivity index (χ4v) is 3.16. The highest BCUT2D eigenvalue weighted by Crippen LogP contribution is 2.27. The zero-order valence-corrected chi connectivity index (χ0v) is 13.7. The monoisotopic (exact) mass is 300 g/mol. The van der Waals surface area contributed by atoms with E-state index < -0.39 is 0 Å². The van der Waals surface area contributed by atoms with E-state index in [9.17, 15) is 4.79 Å². The van der Waals surface area contributed by atoms with Gasteiger partial charge < -0.3 is 15.2 Å². The molecule has 0 spiro atoms. The lowest BCUT2D eigenvalue weighted by molar-refractivity contribution is -0.121. The molecule has 1 fully saturated rings. The van der Waals surface area contributed by atoms with E-state index in [1.165, 1.54) is 22.2 Å². The van der Waals surface area contributed by atoms with Crippen molar-refractivity contribution in [1.29, 1.82) is 0 Å². The van der Waals surface area contributed by atoms with Crippen molar-refractivity contribution in [2.45, 2.75) is 19.9 Å². The van der Waals surface area contributed by atoms with Crippen LogP contribution in [0, 0.1) is 13.8 Å². The summed E-state index contributed by atoms with van der Waals surface area (Å²) >= 11 is 0. The molecule has 0 bridgehead atoms. The number of fused-ring (bicyclic) bond motifs is 1. The summed E-state index contributed by atoms with van der Waals surface area (Å²) < 4.78 is 2.19. The van der Waals surface area contributed by atoms with Gasteiger partial charge in [0.05, 0.1) is 0 Å². The van der Waals surface area contributed by atoms with Gasteiger partial charge in [0, 0.05) is 49.0 Å². The molecule has 3 rings (SSSR count). The number of hydrogen-bond acceptors (Lipinski definition) is 3. The highest BCUT2D eigenvalue weighted by molar-refractivity contribution is 5.98. The van der Waals surface area contributed by atoms with Gasteiger partial charge in [0.1, 0.15) is 6.04 Å². The van der Waals surface area contributed by atoms with Crippen molar-refractivity contribution in [3.8, 4) is 0 Å². The number of aromatic nitrogens is 1. The third-order valence-electron chi connectivity index (χ3n) is 4.89. The summed E-state index contributed by atoms with van der Waals surface area (Å²) in [6.45, 7) is 6.79. The van der Waals surface area contributed by atoms with E-state index in [0.717, 1.165) is 18.8 Å². The molecule has 1 aromatic heterocycles. The zero-order chi connectivity index (χ0) is 15.9. The number of rotatable bonds is 2. The Morgan fingerprint density at radius 3 is 2.82 bits per heavy atom. The number of piperazine rings is 1. The fourth-order valence-electron chi connectivity index (χ4n) is 3.16. The van der Waals surface area contributed by atoms with Crippen LogP contribution in [-0.4, -0.2) is 48.1 Å². The van der Waals surface area contributed by atoms with Crippen molar-refractivity contribution >= 4 is 22.5 Å². The lowest BCUT2D eigenvalue weighted by atomic mass is 10.1. The van der Waals surface area contributed by atoms with E-state index in [1.54, 1.807) is 0 Å². The van der Waals surface area contributed by atoms with Gasteiger partial charge in [0.25, 0.3) is 0 Å². The van der Waals surface area contributed by atoms with E-state index in [4.69, 9.17) is 0 Å². The molecule has 0 saturated carbocycles. The Labute approximate surface area is 131 Å². The molecule has 1 aliphatic rings. The van der Waals surface area contributed by atoms with Crippen LogP contribution < -0.4 is 10.6 Å². The first-order valence-corrected chi connectivity index (χ1v) is 7.76. The lowest BCUT2D eigenvalue weighted by Crippen LogP contribution is -2.54. The Morgan fingerprint density at radius 2 is 2.09 bits per heavy atom. The van der Waals surface area contributed by atoms with E-state index in [1.807, 2.05) is 13.1 Å². The Kier molecular flexibility index (Phi) is 3.93. The number of anilines is 1. The van der Waals surface area contributed by atoms with Gasteiger partial charge >= 0.3 is 0 Å². The van der Waals surface area contributed by atoms with Crippen LogP contribution in [0.15, 0.2) is 18.2 Å². The molecule has 1 aliphatic heterocycles. The Bertz CT molecular complexity index is 719. The molecular weight excluding hydrogens is 276 g/mol. The Balaban J connectivity index is 1.85. The maximum Gasteiger partial charge on any atom is 0.243 e. The zero-order valence-electron chi connectivity index (χ0n) is 13.7. The first-order valence-electron chi connectivity index (χ1n) is 7.76. The van der Waals surface area contributed by atoms with E-state index in [2.05, 4.69) is 53.1 Å². The number of amides is 1. The molecule has 0 radical (unpaired) electrons. The number of carbonyl (C=O) groups is 1. The molecule has 2 aromatic rings. The molecule has 0 aliphatic carbocycles. The molecule has 1 aromatic carbocycles. The molecule has 2 heterocycles. The van der Waals surface area contributed by atoms with Crippen LogP contribution in [0.25, 0.3) is 10.9 Å². The summed E-state index contributed by atoms with van der Waals surface area (Å²) in [6, 6.07) is 6.03. The summed E-state index contributed by atoms with van der Waals surface area (Å²) in [5, 5.41) is 7.54. The van der Waals surface area contributed by atoms with Crippen molar-refractivity contribution in [2.24, 2.45) is 7.05 Å². The average Bonchev–Trinajstić information content (AvgIpc) is 2.72. The van der Waals surface area contributed by atoms with Crippen LogP contribution in [0.2, 0.25) is 0 Å². The Morgan fingerprint density at radius 1 is 1.32 bits per heavy atom. The molecular formula is C17H24N4O. The second-order valence-electron chi connectivity index (χ2n) is 6.19. The molecule has 118 valence electrons. The van der Waals surface area contributed by atoms with Gasteiger partial charge in [0.15, 0.2) is 0 Å². The topological polar surface area (TPSA) is 49.3 Å². The average molecular weight is 300 g/mol. The standard InChI is InChI=1S/C17H24N4O/c1-11-12(2)21(4)15-6-5-13(9-14(11)15)19-17(22)16-10-18-7-8-20(16)3/h5-6,9,16,18H,7-8,10H2,1-4H3,(H,19,22)/t16-/m0/s1. The van der Waals surface area contributed by atoms with Crippen molar-refractivity contribution in [2.75, 3.05) is 32.0 Å². The number of benzene rings is 1. The molecule has 0 unspecified atom stereocenters. The third kappa shape index (κ3) is 2.51. The molecule has 1 saturated heterocycles. The molecule has 1 amide bonds. The van der Waals surface area contributed by atoms with Crippen LogP contribution >= 0.6 is 0 Å². The summed E-state index contributed by atoms with van der Waals surface area (Å²) in [7, 11) is 4.07. The van der Waals surface area contributed by atoms with Crippen molar-refractivity contribution < 1.29 is 4.79 Å². The van der Waals surface area contributed by atoms with Gasteiger partial charge in [-0.15, -0.1) is 0 Å². The highest BCUT2D eigenvalue weighted by Gasteiger charge is 2.25. The van der Waals surface area contributed by atoms with Crippen LogP contribution in [0.4, 0.5) is 5.69 Å². The largest absolute Gasteiger partial charge is 0.348 e. The van der Waals surface area contributed by atoms with Crippen molar-refractivity contribution in [3.05, 3.63) is 29.5 Å². The van der Waals surface area contributed by atoms with Gasteiger partial charge in [-0.2, -0.15) is 0 Å². The SMILES string of the molecule is Cc1c(C)n(C)c2ccc(NC(=O)[C@@H]3CNCCN3C)cc12. The van der Waals surface area contributed by atoms with Gasteiger partial charge in [-0.05, 0) is 44.7 Å². The quantitative estimate of drug-likeness (QED) is 0.886. The second-order valence-corrected chi connectivity index (χ2v) is 6.19. The van der Waals surface area contributed by atoms with E-state index in [-0.39, 0.29) is 11.9 Å². The van der Waals surface area contributed by atoms with Crippen molar-refractivity contribution in [3.63, 3.8) is 0 Å². The molecule has 2 N–H and O–H groups in total. The molecule has 1 atom stereocenters. The van der Waals surface area contributed by atoms with Crippen LogP contribution in [0.1, 0.15) is 11.3 Å². The molecule has 5 heteroatoms. The minimum absolute atomic E-state index is 0.0550. The van der Waals surface area contributed by atoms with Gasteiger partial charge in [-0.1, -0.05) is 0 Å². The lowest BCUT2D eigenvalue weighted by Gasteiger charge is -2.31.